The Labute approximate surface area is 135 Å². The first kappa shape index (κ1) is 16.4. The number of ether oxygens (including phenoxy) is 1. The number of hydrogen-bond donors (Lipinski definition) is 0. The second-order valence-electron chi connectivity index (χ2n) is 7.67. The molecule has 2 aliphatic carbocycles. The molecule has 3 heteroatoms. The minimum atomic E-state index is 0.381. The number of hydrogen-bond acceptors (Lipinski definition) is 3. The lowest BCUT2D eigenvalue weighted by Crippen LogP contribution is -2.45. The molecule has 0 spiro atoms. The van der Waals surface area contributed by atoms with Gasteiger partial charge in [-0.3, -0.25) is 9.69 Å². The molecule has 1 unspecified atom stereocenters. The van der Waals surface area contributed by atoms with Crippen molar-refractivity contribution in [2.45, 2.75) is 89.2 Å². The number of rotatable bonds is 6. The smallest absolute Gasteiger partial charge is 0.148 e. The highest BCUT2D eigenvalue weighted by Crippen LogP contribution is 2.29. The van der Waals surface area contributed by atoms with Gasteiger partial charge < -0.3 is 4.74 Å². The van der Waals surface area contributed by atoms with Crippen LogP contribution in [0.5, 0.6) is 0 Å². The lowest BCUT2D eigenvalue weighted by atomic mass is 9.86. The van der Waals surface area contributed by atoms with Crippen LogP contribution in [-0.2, 0) is 9.53 Å². The van der Waals surface area contributed by atoms with Crippen molar-refractivity contribution < 1.29 is 9.53 Å². The van der Waals surface area contributed by atoms with Crippen molar-refractivity contribution in [3.05, 3.63) is 0 Å². The third kappa shape index (κ3) is 4.55. The van der Waals surface area contributed by atoms with Gasteiger partial charge in [0.05, 0.1) is 12.6 Å². The number of nitrogens with zero attached hydrogens (tertiary/aromatic N) is 1. The van der Waals surface area contributed by atoms with Crippen molar-refractivity contribution in [1.29, 1.82) is 0 Å². The van der Waals surface area contributed by atoms with E-state index >= 15 is 0 Å². The first-order valence-corrected chi connectivity index (χ1v) is 9.70. The predicted molar refractivity (Wildman–Crippen MR) is 89.0 cm³/mol. The molecule has 1 saturated heterocycles. The Hall–Kier alpha value is -0.410. The van der Waals surface area contributed by atoms with Gasteiger partial charge in [0.2, 0.25) is 0 Å². The molecule has 126 valence electrons. The summed E-state index contributed by atoms with van der Waals surface area (Å²) in [6.07, 6.45) is 16.0. The fourth-order valence-corrected chi connectivity index (χ4v) is 4.71. The zero-order chi connectivity index (χ0) is 15.2. The van der Waals surface area contributed by atoms with E-state index in [-0.39, 0.29) is 0 Å². The van der Waals surface area contributed by atoms with Crippen LogP contribution >= 0.6 is 0 Å². The summed E-state index contributed by atoms with van der Waals surface area (Å²) < 4.78 is 6.28. The molecule has 0 bridgehead atoms. The molecule has 3 aliphatic rings. The Balaban J connectivity index is 1.38. The van der Waals surface area contributed by atoms with Crippen LogP contribution in [0, 0.1) is 5.92 Å². The normalized spacial score (nSPS) is 31.7. The average Bonchev–Trinajstić information content (AvgIpc) is 2.99. The summed E-state index contributed by atoms with van der Waals surface area (Å²) in [5.41, 5.74) is 0. The number of Topliss-reactive ketones (excluding diaryl/α,β-unsaturated/α-hetero) is 1. The number of carbonyl (C=O) groups excluding carboxylic acids is 1. The number of ketones is 1. The maximum Gasteiger partial charge on any atom is 0.148 e. The molecular weight excluding hydrogens is 274 g/mol. The number of likely N-dealkylation sites (tertiary alicyclic amines) is 1. The fraction of sp³-hybridized carbons (Fsp3) is 0.947. The molecular formula is C19H33NO2. The van der Waals surface area contributed by atoms with Gasteiger partial charge in [-0.05, 0) is 31.6 Å². The molecule has 3 fully saturated rings. The van der Waals surface area contributed by atoms with Crippen molar-refractivity contribution in [3.8, 4) is 0 Å². The van der Waals surface area contributed by atoms with Crippen molar-refractivity contribution in [2.24, 2.45) is 5.92 Å². The molecule has 3 nitrogen and oxygen atoms in total. The summed E-state index contributed by atoms with van der Waals surface area (Å²) in [5, 5.41) is 0. The Bertz CT molecular complexity index is 351. The fourth-order valence-electron chi connectivity index (χ4n) is 4.71. The maximum atomic E-state index is 11.6. The van der Waals surface area contributed by atoms with Crippen molar-refractivity contribution >= 4 is 5.78 Å². The second-order valence-corrected chi connectivity index (χ2v) is 7.67. The molecule has 1 heterocycles. The van der Waals surface area contributed by atoms with Crippen LogP contribution in [0.3, 0.4) is 0 Å². The second kappa shape index (κ2) is 8.44. The van der Waals surface area contributed by atoms with E-state index in [9.17, 15) is 4.79 Å². The van der Waals surface area contributed by atoms with E-state index in [1.165, 1.54) is 70.6 Å². The van der Waals surface area contributed by atoms with Gasteiger partial charge in [-0.1, -0.05) is 44.9 Å². The first-order valence-electron chi connectivity index (χ1n) is 9.70. The highest BCUT2D eigenvalue weighted by atomic mass is 16.5. The predicted octanol–water partition coefficient (Wildman–Crippen LogP) is 3.95. The van der Waals surface area contributed by atoms with E-state index in [4.69, 9.17) is 4.74 Å². The summed E-state index contributed by atoms with van der Waals surface area (Å²) in [6.45, 7) is 2.57. The molecule has 0 aromatic rings. The molecule has 2 saturated carbocycles. The lowest BCUT2D eigenvalue weighted by Gasteiger charge is -2.37. The maximum absolute atomic E-state index is 11.6. The Morgan fingerprint density at radius 2 is 1.77 bits per heavy atom. The SMILES string of the molecule is O=C1CCN([C@@H]2CCCCC2OCCCC2CCCCC2)C1. The molecule has 1 aliphatic heterocycles. The van der Waals surface area contributed by atoms with Gasteiger partial charge in [0.1, 0.15) is 5.78 Å². The standard InChI is InChI=1S/C19H33NO2/c21-17-12-13-20(15-17)18-10-4-5-11-19(18)22-14-6-9-16-7-2-1-3-8-16/h16,18-19H,1-15H2/t18-,19?/m1/s1. The van der Waals surface area contributed by atoms with Crippen LogP contribution in [0.4, 0.5) is 0 Å². The van der Waals surface area contributed by atoms with Crippen LogP contribution < -0.4 is 0 Å². The summed E-state index contributed by atoms with van der Waals surface area (Å²) >= 11 is 0. The monoisotopic (exact) mass is 307 g/mol. The van der Waals surface area contributed by atoms with Gasteiger partial charge in [0.15, 0.2) is 0 Å². The number of carbonyl (C=O) groups is 1. The molecule has 22 heavy (non-hydrogen) atoms. The Kier molecular flexibility index (Phi) is 6.31. The third-order valence-corrected chi connectivity index (χ3v) is 6.01. The van der Waals surface area contributed by atoms with Crippen molar-refractivity contribution in [1.82, 2.24) is 4.90 Å². The molecule has 0 aromatic heterocycles. The lowest BCUT2D eigenvalue weighted by molar-refractivity contribution is -0.117. The van der Waals surface area contributed by atoms with Crippen LogP contribution in [0.1, 0.15) is 77.0 Å². The van der Waals surface area contributed by atoms with Crippen molar-refractivity contribution in [3.63, 3.8) is 0 Å². The van der Waals surface area contributed by atoms with E-state index in [0.717, 1.165) is 25.5 Å². The van der Waals surface area contributed by atoms with Crippen LogP contribution in [0.25, 0.3) is 0 Å². The largest absolute Gasteiger partial charge is 0.377 e. The topological polar surface area (TPSA) is 29.5 Å². The summed E-state index contributed by atoms with van der Waals surface area (Å²) in [5.74, 6) is 1.39. The molecule has 0 radical (unpaired) electrons. The first-order chi connectivity index (χ1) is 10.8. The van der Waals surface area contributed by atoms with Gasteiger partial charge in [-0.25, -0.2) is 0 Å². The van der Waals surface area contributed by atoms with E-state index in [2.05, 4.69) is 4.90 Å². The summed E-state index contributed by atoms with van der Waals surface area (Å²) in [6, 6.07) is 0.509. The Morgan fingerprint density at radius 1 is 1.00 bits per heavy atom. The molecule has 0 aromatic carbocycles. The zero-order valence-corrected chi connectivity index (χ0v) is 14.1. The average molecular weight is 307 g/mol. The van der Waals surface area contributed by atoms with E-state index in [1.807, 2.05) is 0 Å². The van der Waals surface area contributed by atoms with Gasteiger partial charge in [0.25, 0.3) is 0 Å². The van der Waals surface area contributed by atoms with E-state index in [1.54, 1.807) is 0 Å². The molecule has 3 rings (SSSR count). The van der Waals surface area contributed by atoms with Gasteiger partial charge in [-0.15, -0.1) is 0 Å². The minimum Gasteiger partial charge on any atom is -0.377 e. The zero-order valence-electron chi connectivity index (χ0n) is 14.1. The van der Waals surface area contributed by atoms with Crippen molar-refractivity contribution in [2.75, 3.05) is 19.7 Å². The molecule has 0 N–H and O–H groups in total. The van der Waals surface area contributed by atoms with E-state index < -0.39 is 0 Å². The highest BCUT2D eigenvalue weighted by molar-refractivity contribution is 5.82. The Morgan fingerprint density at radius 3 is 2.55 bits per heavy atom. The van der Waals surface area contributed by atoms with Crippen LogP contribution in [0.15, 0.2) is 0 Å². The quantitative estimate of drug-likeness (QED) is 0.696. The van der Waals surface area contributed by atoms with Crippen LogP contribution in [0.2, 0.25) is 0 Å². The highest BCUT2D eigenvalue weighted by Gasteiger charge is 2.34. The van der Waals surface area contributed by atoms with Crippen LogP contribution in [-0.4, -0.2) is 42.5 Å². The van der Waals surface area contributed by atoms with E-state index in [0.29, 0.717) is 24.5 Å². The molecule has 0 amide bonds. The summed E-state index contributed by atoms with van der Waals surface area (Å²) in [7, 11) is 0. The summed E-state index contributed by atoms with van der Waals surface area (Å²) in [4.78, 5) is 14.0. The van der Waals surface area contributed by atoms with Gasteiger partial charge in [-0.2, -0.15) is 0 Å². The van der Waals surface area contributed by atoms with Gasteiger partial charge >= 0.3 is 0 Å². The van der Waals surface area contributed by atoms with Gasteiger partial charge in [0, 0.05) is 25.6 Å². The molecule has 2 atom stereocenters. The third-order valence-electron chi connectivity index (χ3n) is 6.01. The minimum absolute atomic E-state index is 0.381.